The predicted octanol–water partition coefficient (Wildman–Crippen LogP) is 1.32. The number of carbonyl (C=O) groups is 1. The molecular weight excluding hydrogens is 226 g/mol. The maximum absolute atomic E-state index is 11.7. The molecule has 0 aromatic heterocycles. The summed E-state index contributed by atoms with van der Waals surface area (Å²) in [6.07, 6.45) is 2.12. The minimum Gasteiger partial charge on any atom is -0.394 e. The number of benzene rings is 1. The Morgan fingerprint density at radius 2 is 2.11 bits per heavy atom. The van der Waals surface area contributed by atoms with E-state index in [0.29, 0.717) is 5.92 Å². The van der Waals surface area contributed by atoms with Crippen LogP contribution in [0.3, 0.4) is 0 Å². The number of aliphatic hydroxyl groups is 1. The molecule has 1 aliphatic carbocycles. The monoisotopic (exact) mass is 243 g/mol. The summed E-state index contributed by atoms with van der Waals surface area (Å²) in [6, 6.07) is 9.37. The van der Waals surface area contributed by atoms with Crippen LogP contribution in [-0.2, 0) is 4.79 Å². The van der Waals surface area contributed by atoms with Crippen LogP contribution in [0.1, 0.15) is 25.3 Å². The van der Waals surface area contributed by atoms with Crippen molar-refractivity contribution in [3.63, 3.8) is 0 Å². The van der Waals surface area contributed by atoms with Crippen LogP contribution in [0.5, 0.6) is 0 Å². The Hall–Kier alpha value is -1.79. The molecule has 3 heteroatoms. The summed E-state index contributed by atoms with van der Waals surface area (Å²) in [5.41, 5.74) is 0.285. The van der Waals surface area contributed by atoms with E-state index in [2.05, 4.69) is 17.2 Å². The first-order chi connectivity index (χ1) is 8.64. The number of hydrogen-bond donors (Lipinski definition) is 2. The van der Waals surface area contributed by atoms with E-state index in [0.717, 1.165) is 18.4 Å². The molecule has 1 aromatic carbocycles. The van der Waals surface area contributed by atoms with Crippen LogP contribution >= 0.6 is 0 Å². The molecule has 1 unspecified atom stereocenters. The number of carbonyl (C=O) groups excluding carboxylic acids is 1. The number of nitrogens with one attached hydrogen (secondary N) is 1. The highest BCUT2D eigenvalue weighted by Gasteiger charge is 2.41. The van der Waals surface area contributed by atoms with Gasteiger partial charge in [-0.2, -0.15) is 0 Å². The summed E-state index contributed by atoms with van der Waals surface area (Å²) >= 11 is 0. The van der Waals surface area contributed by atoms with E-state index in [-0.39, 0.29) is 12.5 Å². The molecule has 0 saturated heterocycles. The Balaban J connectivity index is 1.99. The molecule has 94 valence electrons. The number of amides is 1. The number of hydrogen-bond acceptors (Lipinski definition) is 2. The largest absolute Gasteiger partial charge is 0.394 e. The van der Waals surface area contributed by atoms with E-state index in [4.69, 9.17) is 0 Å². The van der Waals surface area contributed by atoms with Crippen molar-refractivity contribution in [2.45, 2.75) is 25.3 Å². The van der Waals surface area contributed by atoms with Crippen molar-refractivity contribution in [2.24, 2.45) is 5.92 Å². The fraction of sp³-hybridized carbons (Fsp3) is 0.400. The van der Waals surface area contributed by atoms with E-state index < -0.39 is 5.54 Å². The summed E-state index contributed by atoms with van der Waals surface area (Å²) in [4.78, 5) is 11.7. The lowest BCUT2D eigenvalue weighted by atomic mass is 9.97. The first kappa shape index (κ1) is 12.7. The zero-order valence-electron chi connectivity index (χ0n) is 10.4. The van der Waals surface area contributed by atoms with Crippen molar-refractivity contribution in [1.82, 2.24) is 5.32 Å². The summed E-state index contributed by atoms with van der Waals surface area (Å²) < 4.78 is 0. The molecule has 3 nitrogen and oxygen atoms in total. The molecule has 1 amide bonds. The molecule has 1 atom stereocenters. The molecule has 1 saturated carbocycles. The number of aliphatic hydroxyl groups excluding tert-OH is 1. The number of rotatable bonds is 3. The van der Waals surface area contributed by atoms with Gasteiger partial charge >= 0.3 is 0 Å². The lowest BCUT2D eigenvalue weighted by molar-refractivity contribution is -0.118. The van der Waals surface area contributed by atoms with Crippen molar-refractivity contribution in [3.8, 4) is 11.8 Å². The van der Waals surface area contributed by atoms with Gasteiger partial charge in [0.2, 0.25) is 0 Å². The highest BCUT2D eigenvalue weighted by molar-refractivity contribution is 5.94. The van der Waals surface area contributed by atoms with Crippen LogP contribution in [0.15, 0.2) is 30.3 Å². The summed E-state index contributed by atoms with van der Waals surface area (Å²) in [5, 5.41) is 12.2. The molecule has 1 aromatic rings. The first-order valence-electron chi connectivity index (χ1n) is 6.14. The standard InChI is InChI=1S/C15H17NO2/c1-15(11-17,13-8-9-13)16-14(18)10-7-12-5-3-2-4-6-12/h2-6,13,17H,8-9,11H2,1H3,(H,16,18). The smallest absolute Gasteiger partial charge is 0.296 e. The molecule has 0 radical (unpaired) electrons. The summed E-state index contributed by atoms with van der Waals surface area (Å²) in [7, 11) is 0. The normalized spacial score (nSPS) is 17.2. The molecule has 0 aliphatic heterocycles. The minimum atomic E-state index is -0.525. The minimum absolute atomic E-state index is 0.0452. The van der Waals surface area contributed by atoms with Crippen LogP contribution in [-0.4, -0.2) is 23.2 Å². The van der Waals surface area contributed by atoms with E-state index in [1.165, 1.54) is 0 Å². The van der Waals surface area contributed by atoms with Crippen LogP contribution in [0.25, 0.3) is 0 Å². The molecule has 2 N–H and O–H groups in total. The molecule has 0 spiro atoms. The van der Waals surface area contributed by atoms with Gasteiger partial charge in [-0.15, -0.1) is 0 Å². The fourth-order valence-electron chi connectivity index (χ4n) is 1.93. The third-order valence-electron chi connectivity index (χ3n) is 3.30. The highest BCUT2D eigenvalue weighted by Crippen LogP contribution is 2.39. The van der Waals surface area contributed by atoms with Gasteiger partial charge in [0.15, 0.2) is 0 Å². The van der Waals surface area contributed by atoms with Crippen molar-refractivity contribution in [1.29, 1.82) is 0 Å². The lowest BCUT2D eigenvalue weighted by Crippen LogP contribution is -2.50. The van der Waals surface area contributed by atoms with Gasteiger partial charge in [0.25, 0.3) is 5.91 Å². The Morgan fingerprint density at radius 3 is 2.67 bits per heavy atom. The van der Waals surface area contributed by atoms with Gasteiger partial charge in [-0.05, 0) is 37.8 Å². The Morgan fingerprint density at radius 1 is 1.44 bits per heavy atom. The molecule has 1 fully saturated rings. The van der Waals surface area contributed by atoms with Gasteiger partial charge in [0, 0.05) is 11.5 Å². The molecule has 2 rings (SSSR count). The van der Waals surface area contributed by atoms with Gasteiger partial charge in [0.05, 0.1) is 12.1 Å². The molecule has 1 aliphatic rings. The topological polar surface area (TPSA) is 49.3 Å². The van der Waals surface area contributed by atoms with E-state index in [9.17, 15) is 9.90 Å². The van der Waals surface area contributed by atoms with Gasteiger partial charge < -0.3 is 10.4 Å². The predicted molar refractivity (Wildman–Crippen MR) is 69.7 cm³/mol. The maximum atomic E-state index is 11.7. The van der Waals surface area contributed by atoms with Crippen LogP contribution in [0.2, 0.25) is 0 Å². The van der Waals surface area contributed by atoms with Crippen molar-refractivity contribution >= 4 is 5.91 Å². The zero-order valence-corrected chi connectivity index (χ0v) is 10.4. The summed E-state index contributed by atoms with van der Waals surface area (Å²) in [6.45, 7) is 1.82. The van der Waals surface area contributed by atoms with Crippen molar-refractivity contribution < 1.29 is 9.90 Å². The Kier molecular flexibility index (Phi) is 3.69. The Labute approximate surface area is 107 Å². The lowest BCUT2D eigenvalue weighted by Gasteiger charge is -2.27. The second kappa shape index (κ2) is 5.24. The molecule has 0 heterocycles. The zero-order chi connectivity index (χ0) is 13.0. The molecule has 18 heavy (non-hydrogen) atoms. The average Bonchev–Trinajstić information content (AvgIpc) is 3.22. The Bertz CT molecular complexity index is 482. The fourth-order valence-corrected chi connectivity index (χ4v) is 1.93. The second-order valence-electron chi connectivity index (χ2n) is 4.92. The van der Waals surface area contributed by atoms with Crippen LogP contribution in [0.4, 0.5) is 0 Å². The quantitative estimate of drug-likeness (QED) is 0.787. The van der Waals surface area contributed by atoms with Crippen molar-refractivity contribution in [3.05, 3.63) is 35.9 Å². The first-order valence-corrected chi connectivity index (χ1v) is 6.14. The van der Waals surface area contributed by atoms with E-state index in [1.807, 2.05) is 37.3 Å². The second-order valence-corrected chi connectivity index (χ2v) is 4.92. The maximum Gasteiger partial charge on any atom is 0.296 e. The molecular formula is C15H17NO2. The van der Waals surface area contributed by atoms with E-state index in [1.54, 1.807) is 0 Å². The van der Waals surface area contributed by atoms with Gasteiger partial charge in [-0.3, -0.25) is 4.79 Å². The van der Waals surface area contributed by atoms with E-state index >= 15 is 0 Å². The van der Waals surface area contributed by atoms with Gasteiger partial charge in [-0.25, -0.2) is 0 Å². The van der Waals surface area contributed by atoms with Crippen LogP contribution < -0.4 is 5.32 Å². The SMILES string of the molecule is CC(CO)(NC(=O)C#Cc1ccccc1)C1CC1. The van der Waals surface area contributed by atoms with Gasteiger partial charge in [-0.1, -0.05) is 24.1 Å². The van der Waals surface area contributed by atoms with Gasteiger partial charge in [0.1, 0.15) is 0 Å². The average molecular weight is 243 g/mol. The third-order valence-corrected chi connectivity index (χ3v) is 3.30. The van der Waals surface area contributed by atoms with Crippen LogP contribution in [0, 0.1) is 17.8 Å². The molecule has 0 bridgehead atoms. The van der Waals surface area contributed by atoms with Crippen molar-refractivity contribution in [2.75, 3.05) is 6.61 Å². The summed E-state index contributed by atoms with van der Waals surface area (Å²) in [5.74, 6) is 5.42. The third kappa shape index (κ3) is 3.12. The highest BCUT2D eigenvalue weighted by atomic mass is 16.3.